The average molecular weight is 338 g/mol. The lowest BCUT2D eigenvalue weighted by molar-refractivity contribution is 0.221. The summed E-state index contributed by atoms with van der Waals surface area (Å²) in [5.41, 5.74) is -1.33. The number of alkyl halides is 1. The van der Waals surface area contributed by atoms with Crippen molar-refractivity contribution in [2.45, 2.75) is 23.9 Å². The highest BCUT2D eigenvalue weighted by Crippen LogP contribution is 2.32. The van der Waals surface area contributed by atoms with Gasteiger partial charge < -0.3 is 4.90 Å². The third kappa shape index (κ3) is 2.81. The highest BCUT2D eigenvalue weighted by molar-refractivity contribution is 9.10. The zero-order valence-electron chi connectivity index (χ0n) is 9.73. The smallest absolute Gasteiger partial charge is 0.241 e. The SMILES string of the molecule is CC1(F)CCN(c2ncc(Br)cc2S(N)(=O)=O)C1. The van der Waals surface area contributed by atoms with Crippen molar-refractivity contribution in [3.8, 4) is 0 Å². The van der Waals surface area contributed by atoms with Gasteiger partial charge >= 0.3 is 0 Å². The fourth-order valence-corrected chi connectivity index (χ4v) is 3.18. The van der Waals surface area contributed by atoms with Crippen molar-refractivity contribution in [1.29, 1.82) is 0 Å². The van der Waals surface area contributed by atoms with E-state index in [1.807, 2.05) is 0 Å². The maximum atomic E-state index is 13.8. The number of anilines is 1. The van der Waals surface area contributed by atoms with E-state index in [1.165, 1.54) is 19.2 Å². The molecule has 2 heterocycles. The normalized spacial score (nSPS) is 24.6. The first kappa shape index (κ1) is 13.7. The third-order valence-corrected chi connectivity index (χ3v) is 4.18. The van der Waals surface area contributed by atoms with Gasteiger partial charge in [0.15, 0.2) is 0 Å². The average Bonchev–Trinajstić information content (AvgIpc) is 2.57. The number of nitrogens with two attached hydrogens (primary N) is 1. The van der Waals surface area contributed by atoms with Crippen LogP contribution in [0.4, 0.5) is 10.2 Å². The third-order valence-electron chi connectivity index (χ3n) is 2.83. The summed E-state index contributed by atoms with van der Waals surface area (Å²) in [6.07, 6.45) is 1.81. The summed E-state index contributed by atoms with van der Waals surface area (Å²) in [5, 5.41) is 5.15. The minimum absolute atomic E-state index is 0.0884. The molecule has 0 bridgehead atoms. The second-order valence-corrected chi connectivity index (χ2v) is 7.05. The molecule has 0 spiro atoms. The van der Waals surface area contributed by atoms with Gasteiger partial charge in [-0.2, -0.15) is 0 Å². The Morgan fingerprint density at radius 2 is 2.28 bits per heavy atom. The monoisotopic (exact) mass is 337 g/mol. The van der Waals surface area contributed by atoms with E-state index >= 15 is 0 Å². The number of rotatable bonds is 2. The fraction of sp³-hybridized carbons (Fsp3) is 0.500. The van der Waals surface area contributed by atoms with Gasteiger partial charge in [-0.15, -0.1) is 0 Å². The number of hydrogen-bond acceptors (Lipinski definition) is 4. The largest absolute Gasteiger partial charge is 0.352 e. The Morgan fingerprint density at radius 1 is 1.61 bits per heavy atom. The summed E-state index contributed by atoms with van der Waals surface area (Å²) in [6.45, 7) is 2.02. The summed E-state index contributed by atoms with van der Waals surface area (Å²) >= 11 is 3.14. The Balaban J connectivity index is 2.46. The Kier molecular flexibility index (Phi) is 3.37. The fourth-order valence-electron chi connectivity index (χ4n) is 1.97. The number of primary sulfonamides is 1. The van der Waals surface area contributed by atoms with Crippen molar-refractivity contribution in [1.82, 2.24) is 4.98 Å². The lowest BCUT2D eigenvalue weighted by Crippen LogP contribution is -2.28. The van der Waals surface area contributed by atoms with Gasteiger partial charge in [0.2, 0.25) is 10.0 Å². The maximum Gasteiger partial charge on any atom is 0.241 e. The number of sulfonamides is 1. The van der Waals surface area contributed by atoms with E-state index in [4.69, 9.17) is 5.14 Å². The van der Waals surface area contributed by atoms with Crippen LogP contribution in [-0.4, -0.2) is 32.2 Å². The zero-order chi connectivity index (χ0) is 13.6. The molecule has 1 unspecified atom stereocenters. The Bertz CT molecular complexity index is 576. The molecule has 1 aromatic heterocycles. The molecule has 8 heteroatoms. The van der Waals surface area contributed by atoms with Gasteiger partial charge in [0.25, 0.3) is 0 Å². The van der Waals surface area contributed by atoms with Gasteiger partial charge in [0, 0.05) is 23.6 Å². The van der Waals surface area contributed by atoms with Crippen LogP contribution in [-0.2, 0) is 10.0 Å². The summed E-state index contributed by atoms with van der Waals surface area (Å²) in [6, 6.07) is 1.38. The van der Waals surface area contributed by atoms with Crippen LogP contribution in [0.1, 0.15) is 13.3 Å². The van der Waals surface area contributed by atoms with E-state index in [9.17, 15) is 12.8 Å². The van der Waals surface area contributed by atoms with E-state index in [-0.39, 0.29) is 17.3 Å². The van der Waals surface area contributed by atoms with Crippen LogP contribution >= 0.6 is 15.9 Å². The molecule has 1 atom stereocenters. The predicted octanol–water partition coefficient (Wildman–Crippen LogP) is 1.43. The molecule has 18 heavy (non-hydrogen) atoms. The highest BCUT2D eigenvalue weighted by atomic mass is 79.9. The Hall–Kier alpha value is -0.730. The molecule has 2 N–H and O–H groups in total. The molecule has 0 aliphatic carbocycles. The van der Waals surface area contributed by atoms with Crippen LogP contribution in [0.3, 0.4) is 0 Å². The van der Waals surface area contributed by atoms with Gasteiger partial charge in [-0.3, -0.25) is 0 Å². The first-order valence-electron chi connectivity index (χ1n) is 5.31. The number of pyridine rings is 1. The minimum Gasteiger partial charge on any atom is -0.352 e. The molecule has 0 radical (unpaired) electrons. The molecule has 5 nitrogen and oxygen atoms in total. The molecule has 1 aliphatic heterocycles. The van der Waals surface area contributed by atoms with E-state index in [0.717, 1.165) is 0 Å². The Morgan fingerprint density at radius 3 is 2.78 bits per heavy atom. The van der Waals surface area contributed by atoms with Gasteiger partial charge in [-0.25, -0.2) is 22.9 Å². The summed E-state index contributed by atoms with van der Waals surface area (Å²) in [7, 11) is -3.89. The first-order chi connectivity index (χ1) is 8.19. The van der Waals surface area contributed by atoms with Gasteiger partial charge in [0.1, 0.15) is 16.4 Å². The van der Waals surface area contributed by atoms with Crippen LogP contribution in [0.2, 0.25) is 0 Å². The molecule has 0 aromatic carbocycles. The molecule has 1 aliphatic rings. The minimum atomic E-state index is -3.89. The molecule has 1 fully saturated rings. The van der Waals surface area contributed by atoms with Crippen molar-refractivity contribution in [2.75, 3.05) is 18.0 Å². The van der Waals surface area contributed by atoms with E-state index in [0.29, 0.717) is 17.4 Å². The van der Waals surface area contributed by atoms with Crippen LogP contribution in [0, 0.1) is 0 Å². The van der Waals surface area contributed by atoms with Crippen molar-refractivity contribution < 1.29 is 12.8 Å². The topological polar surface area (TPSA) is 76.3 Å². The second-order valence-electron chi connectivity index (χ2n) is 4.61. The van der Waals surface area contributed by atoms with Crippen molar-refractivity contribution in [3.05, 3.63) is 16.7 Å². The van der Waals surface area contributed by atoms with Crippen LogP contribution in [0.25, 0.3) is 0 Å². The quantitative estimate of drug-likeness (QED) is 0.885. The number of aromatic nitrogens is 1. The van der Waals surface area contributed by atoms with Crippen molar-refractivity contribution in [3.63, 3.8) is 0 Å². The van der Waals surface area contributed by atoms with Gasteiger partial charge in [0.05, 0.1) is 6.54 Å². The molecule has 0 amide bonds. The molecule has 100 valence electrons. The van der Waals surface area contributed by atoms with E-state index < -0.39 is 15.7 Å². The lowest BCUT2D eigenvalue weighted by atomic mass is 10.1. The summed E-state index contributed by atoms with van der Waals surface area (Å²) in [5.74, 6) is 0.210. The Labute approximate surface area is 113 Å². The van der Waals surface area contributed by atoms with E-state index in [1.54, 1.807) is 4.90 Å². The molecular weight excluding hydrogens is 325 g/mol. The standard InChI is InChI=1S/C10H13BrFN3O2S/c1-10(12)2-3-15(6-10)9-8(18(13,16)17)4-7(11)5-14-9/h4-5H,2-3,6H2,1H3,(H2,13,16,17). The van der Waals surface area contributed by atoms with Crippen LogP contribution in [0.15, 0.2) is 21.6 Å². The van der Waals surface area contributed by atoms with Gasteiger partial charge in [-0.05, 0) is 28.9 Å². The van der Waals surface area contributed by atoms with Gasteiger partial charge in [-0.1, -0.05) is 0 Å². The molecule has 2 rings (SSSR count). The van der Waals surface area contributed by atoms with Crippen LogP contribution < -0.4 is 10.0 Å². The van der Waals surface area contributed by atoms with Crippen LogP contribution in [0.5, 0.6) is 0 Å². The first-order valence-corrected chi connectivity index (χ1v) is 7.65. The van der Waals surface area contributed by atoms with Crippen molar-refractivity contribution >= 4 is 31.8 Å². The lowest BCUT2D eigenvalue weighted by Gasteiger charge is -2.20. The van der Waals surface area contributed by atoms with E-state index in [2.05, 4.69) is 20.9 Å². The zero-order valence-corrected chi connectivity index (χ0v) is 12.1. The number of nitrogens with zero attached hydrogens (tertiary/aromatic N) is 2. The molecule has 1 saturated heterocycles. The maximum absolute atomic E-state index is 13.8. The predicted molar refractivity (Wildman–Crippen MR) is 69.7 cm³/mol. The molecule has 1 aromatic rings. The number of hydrogen-bond donors (Lipinski definition) is 1. The second kappa shape index (κ2) is 4.43. The molecule has 0 saturated carbocycles. The highest BCUT2D eigenvalue weighted by Gasteiger charge is 2.36. The number of halogens is 2. The summed E-state index contributed by atoms with van der Waals surface area (Å²) in [4.78, 5) is 5.56. The molecular formula is C10H13BrFN3O2S. The summed E-state index contributed by atoms with van der Waals surface area (Å²) < 4.78 is 37.3. The van der Waals surface area contributed by atoms with Crippen molar-refractivity contribution in [2.24, 2.45) is 5.14 Å².